The number of H-pyrrole nitrogens is 1. The van der Waals surface area contributed by atoms with Crippen molar-refractivity contribution in [2.75, 3.05) is 5.73 Å². The average molecular weight is 306 g/mol. The van der Waals surface area contributed by atoms with Gasteiger partial charge in [0, 0.05) is 10.0 Å². The van der Waals surface area contributed by atoms with E-state index in [0.29, 0.717) is 16.0 Å². The molecule has 0 spiro atoms. The Balaban J connectivity index is 2.23. The molecule has 3 nitrogen and oxygen atoms in total. The number of halogens is 2. The number of nitrogens with two attached hydrogens (primary N) is 1. The lowest BCUT2D eigenvalue weighted by atomic mass is 10.2. The fraction of sp³-hybridized carbons (Fsp3) is 0. The second-order valence-corrected chi connectivity index (χ2v) is 4.81. The van der Waals surface area contributed by atoms with Crippen LogP contribution in [0.3, 0.4) is 0 Å². The predicted octanol–water partition coefficient (Wildman–Crippen LogP) is 3.71. The summed E-state index contributed by atoms with van der Waals surface area (Å²) < 4.78 is 13.7. The lowest BCUT2D eigenvalue weighted by Gasteiger charge is -2.00. The number of anilines is 1. The second-order valence-electron chi connectivity index (χ2n) is 3.95. The van der Waals surface area contributed by atoms with Crippen molar-refractivity contribution in [3.05, 3.63) is 46.7 Å². The van der Waals surface area contributed by atoms with Crippen molar-refractivity contribution in [3.63, 3.8) is 0 Å². The van der Waals surface area contributed by atoms with Gasteiger partial charge < -0.3 is 10.7 Å². The number of nitrogen functional groups attached to an aromatic ring is 1. The molecule has 1 heterocycles. The highest BCUT2D eigenvalue weighted by atomic mass is 79.9. The largest absolute Gasteiger partial charge is 0.397 e. The maximum absolute atomic E-state index is 13.1. The van der Waals surface area contributed by atoms with Crippen LogP contribution < -0.4 is 5.73 Å². The first-order valence-corrected chi connectivity index (χ1v) is 6.14. The molecule has 0 radical (unpaired) electrons. The number of rotatable bonds is 1. The van der Waals surface area contributed by atoms with E-state index in [9.17, 15) is 4.39 Å². The number of benzene rings is 2. The highest BCUT2D eigenvalue weighted by molar-refractivity contribution is 9.10. The number of nitrogens with one attached hydrogen (secondary N) is 1. The van der Waals surface area contributed by atoms with Crippen LogP contribution in [-0.4, -0.2) is 9.97 Å². The van der Waals surface area contributed by atoms with Gasteiger partial charge in [0.15, 0.2) is 0 Å². The van der Waals surface area contributed by atoms with Crippen LogP contribution in [0, 0.1) is 5.82 Å². The second kappa shape index (κ2) is 4.10. The Morgan fingerprint density at radius 1 is 1.22 bits per heavy atom. The zero-order valence-electron chi connectivity index (χ0n) is 9.24. The molecule has 2 aromatic carbocycles. The SMILES string of the molecule is Nc1cccc2[nH]c(-c3ccc(F)cc3Br)nc12. The third-order valence-electron chi connectivity index (χ3n) is 2.73. The van der Waals surface area contributed by atoms with Gasteiger partial charge in [-0.2, -0.15) is 0 Å². The van der Waals surface area contributed by atoms with E-state index < -0.39 is 0 Å². The van der Waals surface area contributed by atoms with E-state index in [0.717, 1.165) is 16.6 Å². The van der Waals surface area contributed by atoms with Gasteiger partial charge >= 0.3 is 0 Å². The van der Waals surface area contributed by atoms with Gasteiger partial charge in [0.25, 0.3) is 0 Å². The van der Waals surface area contributed by atoms with E-state index in [1.807, 2.05) is 12.1 Å². The minimum absolute atomic E-state index is 0.291. The van der Waals surface area contributed by atoms with Gasteiger partial charge in [-0.15, -0.1) is 0 Å². The van der Waals surface area contributed by atoms with Crippen LogP contribution >= 0.6 is 15.9 Å². The highest BCUT2D eigenvalue weighted by Gasteiger charge is 2.10. The fourth-order valence-corrected chi connectivity index (χ4v) is 2.40. The topological polar surface area (TPSA) is 54.7 Å². The van der Waals surface area contributed by atoms with Gasteiger partial charge in [0.1, 0.15) is 17.2 Å². The molecule has 90 valence electrons. The third-order valence-corrected chi connectivity index (χ3v) is 3.39. The number of aromatic nitrogens is 2. The Morgan fingerprint density at radius 2 is 2.06 bits per heavy atom. The number of imidazole rings is 1. The molecule has 0 bridgehead atoms. The van der Waals surface area contributed by atoms with Gasteiger partial charge in [0.2, 0.25) is 0 Å². The van der Waals surface area contributed by atoms with Crippen LogP contribution in [0.25, 0.3) is 22.4 Å². The van der Waals surface area contributed by atoms with E-state index in [4.69, 9.17) is 5.73 Å². The standard InChI is InChI=1S/C13H9BrFN3/c14-9-6-7(15)4-5-8(9)13-17-11-3-1-2-10(16)12(11)18-13/h1-6H,16H2,(H,17,18). The van der Waals surface area contributed by atoms with Crippen LogP contribution in [0.2, 0.25) is 0 Å². The summed E-state index contributed by atoms with van der Waals surface area (Å²) in [5, 5.41) is 0. The van der Waals surface area contributed by atoms with E-state index in [-0.39, 0.29) is 5.82 Å². The van der Waals surface area contributed by atoms with Crippen LogP contribution in [0.15, 0.2) is 40.9 Å². The minimum Gasteiger partial charge on any atom is -0.397 e. The van der Waals surface area contributed by atoms with Crippen LogP contribution in [0.1, 0.15) is 0 Å². The quantitative estimate of drug-likeness (QED) is 0.673. The monoisotopic (exact) mass is 305 g/mol. The first kappa shape index (κ1) is 11.2. The summed E-state index contributed by atoms with van der Waals surface area (Å²) in [6.07, 6.45) is 0. The fourth-order valence-electron chi connectivity index (χ4n) is 1.86. The molecule has 0 saturated heterocycles. The van der Waals surface area contributed by atoms with E-state index in [1.165, 1.54) is 12.1 Å². The molecule has 1 aromatic heterocycles. The van der Waals surface area contributed by atoms with E-state index >= 15 is 0 Å². The summed E-state index contributed by atoms with van der Waals surface area (Å²) in [6.45, 7) is 0. The molecular weight excluding hydrogens is 297 g/mol. The summed E-state index contributed by atoms with van der Waals surface area (Å²) in [5.74, 6) is 0.371. The molecule has 3 aromatic rings. The van der Waals surface area contributed by atoms with Gasteiger partial charge in [-0.1, -0.05) is 6.07 Å². The molecule has 0 aliphatic rings. The van der Waals surface area contributed by atoms with Crippen molar-refractivity contribution in [2.45, 2.75) is 0 Å². The van der Waals surface area contributed by atoms with Crippen molar-refractivity contribution < 1.29 is 4.39 Å². The van der Waals surface area contributed by atoms with Crippen molar-refractivity contribution in [1.82, 2.24) is 9.97 Å². The number of nitrogens with zero attached hydrogens (tertiary/aromatic N) is 1. The Labute approximate surface area is 111 Å². The van der Waals surface area contributed by atoms with Gasteiger partial charge in [0.05, 0.1) is 11.2 Å². The lowest BCUT2D eigenvalue weighted by molar-refractivity contribution is 0.627. The van der Waals surface area contributed by atoms with Crippen LogP contribution in [-0.2, 0) is 0 Å². The number of fused-ring (bicyclic) bond motifs is 1. The molecule has 3 N–H and O–H groups in total. The van der Waals surface area contributed by atoms with E-state index in [1.54, 1.807) is 12.1 Å². The van der Waals surface area contributed by atoms with Crippen molar-refractivity contribution >= 4 is 32.7 Å². The zero-order valence-corrected chi connectivity index (χ0v) is 10.8. The molecule has 0 amide bonds. The molecule has 0 fully saturated rings. The first-order valence-electron chi connectivity index (χ1n) is 5.35. The van der Waals surface area contributed by atoms with Gasteiger partial charge in [-0.3, -0.25) is 0 Å². The summed E-state index contributed by atoms with van der Waals surface area (Å²) >= 11 is 3.33. The van der Waals surface area contributed by atoms with E-state index in [2.05, 4.69) is 25.9 Å². The molecule has 0 atom stereocenters. The maximum Gasteiger partial charge on any atom is 0.139 e. The van der Waals surface area contributed by atoms with Crippen LogP contribution in [0.5, 0.6) is 0 Å². The van der Waals surface area contributed by atoms with Crippen LogP contribution in [0.4, 0.5) is 10.1 Å². The Bertz CT molecular complexity index is 736. The summed E-state index contributed by atoms with van der Waals surface area (Å²) in [7, 11) is 0. The maximum atomic E-state index is 13.1. The predicted molar refractivity (Wildman–Crippen MR) is 73.6 cm³/mol. The van der Waals surface area contributed by atoms with Crippen molar-refractivity contribution in [1.29, 1.82) is 0 Å². The summed E-state index contributed by atoms with van der Waals surface area (Å²) in [4.78, 5) is 7.61. The molecule has 3 rings (SSSR count). The van der Waals surface area contributed by atoms with Gasteiger partial charge in [-0.05, 0) is 46.3 Å². The van der Waals surface area contributed by atoms with Crippen molar-refractivity contribution in [2.24, 2.45) is 0 Å². The molecular formula is C13H9BrFN3. The average Bonchev–Trinajstić information content (AvgIpc) is 2.74. The zero-order chi connectivity index (χ0) is 12.7. The normalized spacial score (nSPS) is 11.0. The molecule has 18 heavy (non-hydrogen) atoms. The third kappa shape index (κ3) is 1.76. The Hall–Kier alpha value is -1.88. The molecule has 0 unspecified atom stereocenters. The molecule has 0 aliphatic carbocycles. The Morgan fingerprint density at radius 3 is 2.78 bits per heavy atom. The number of aromatic amines is 1. The number of hydrogen-bond donors (Lipinski definition) is 2. The number of hydrogen-bond acceptors (Lipinski definition) is 2. The number of para-hydroxylation sites is 1. The molecule has 5 heteroatoms. The summed E-state index contributed by atoms with van der Waals surface area (Å²) in [5.41, 5.74) is 8.86. The Kier molecular flexibility index (Phi) is 2.56. The van der Waals surface area contributed by atoms with Gasteiger partial charge in [-0.25, -0.2) is 9.37 Å². The smallest absolute Gasteiger partial charge is 0.139 e. The first-order chi connectivity index (χ1) is 8.65. The molecule has 0 saturated carbocycles. The van der Waals surface area contributed by atoms with Crippen molar-refractivity contribution in [3.8, 4) is 11.4 Å². The lowest BCUT2D eigenvalue weighted by Crippen LogP contribution is -1.85. The molecule has 0 aliphatic heterocycles. The summed E-state index contributed by atoms with van der Waals surface area (Å²) in [6, 6.07) is 10.0. The minimum atomic E-state index is -0.291. The highest BCUT2D eigenvalue weighted by Crippen LogP contribution is 2.29.